The summed E-state index contributed by atoms with van der Waals surface area (Å²) in [6.07, 6.45) is 4.61. The van der Waals surface area contributed by atoms with Crippen LogP contribution in [-0.2, 0) is 22.5 Å². The van der Waals surface area contributed by atoms with Crippen molar-refractivity contribution in [2.75, 3.05) is 31.6 Å². The van der Waals surface area contributed by atoms with Crippen molar-refractivity contribution in [3.05, 3.63) is 79.4 Å². The number of hydrogen-bond donors (Lipinski definition) is 3. The Labute approximate surface area is 253 Å². The molecule has 3 N–H and O–H groups in total. The van der Waals surface area contributed by atoms with Crippen molar-refractivity contribution in [2.45, 2.75) is 57.0 Å². The summed E-state index contributed by atoms with van der Waals surface area (Å²) < 4.78 is 13.1. The Bertz CT molecular complexity index is 1470. The number of amides is 2. The molecule has 1 atom stereocenters. The highest BCUT2D eigenvalue weighted by molar-refractivity contribution is 7.18. The molecule has 2 aliphatic rings. The molecule has 42 heavy (non-hydrogen) atoms. The average molecular weight is 615 g/mol. The Hall–Kier alpha value is -3.22. The summed E-state index contributed by atoms with van der Waals surface area (Å²) in [5, 5.41) is 16.0. The molecular weight excluding hydrogens is 580 g/mol. The van der Waals surface area contributed by atoms with Gasteiger partial charge in [0.05, 0.1) is 40.7 Å². The monoisotopic (exact) mass is 614 g/mol. The zero-order valence-corrected chi connectivity index (χ0v) is 25.0. The molecule has 5 rings (SSSR count). The van der Waals surface area contributed by atoms with E-state index in [0.717, 1.165) is 31.2 Å². The maximum Gasteiger partial charge on any atom is 0.414 e. The van der Waals surface area contributed by atoms with Gasteiger partial charge in [-0.05, 0) is 75.0 Å². The normalized spacial score (nSPS) is 20.5. The molecule has 224 valence electrons. The lowest BCUT2D eigenvalue weighted by molar-refractivity contribution is 0.0920. The molecule has 1 saturated carbocycles. The van der Waals surface area contributed by atoms with E-state index in [9.17, 15) is 19.5 Å². The minimum atomic E-state index is -0.519. The summed E-state index contributed by atoms with van der Waals surface area (Å²) in [6, 6.07) is 12.8. The number of ether oxygens (including phenoxy) is 2. The summed E-state index contributed by atoms with van der Waals surface area (Å²) in [5.41, 5.74) is 2.62. The molecule has 2 aromatic heterocycles. The molecule has 1 saturated heterocycles. The van der Waals surface area contributed by atoms with E-state index in [2.05, 4.69) is 10.6 Å². The van der Waals surface area contributed by atoms with Crippen molar-refractivity contribution >= 4 is 40.6 Å². The lowest BCUT2D eigenvalue weighted by Gasteiger charge is -2.26. The zero-order chi connectivity index (χ0) is 29.6. The summed E-state index contributed by atoms with van der Waals surface area (Å²) >= 11 is 7.10. The SMILES string of the molecule is COCc1cc(N2C[C@H](CNC(=O)c3ccc(Cl)s3)OC2=O)ccc1-n1cccc(CCN[C@H]2CC[C@H](O)CC2)c1=O. The number of carbonyl (C=O) groups is 2. The standard InChI is InChI=1S/C30H35ClN4O6S/c1-40-18-20-15-22(35-17-24(41-30(35)39)16-33-28(37)26-10-11-27(31)42-26)6-9-25(20)34-14-2-3-19(29(34)38)12-13-32-21-4-7-23(36)8-5-21/h2-3,6,9-11,14-15,21,23-24,32,36H,4-5,7-8,12-13,16-18H2,1H3,(H,33,37)/t21-,23-,24-/m0/s1. The Morgan fingerprint density at radius 1 is 1.14 bits per heavy atom. The number of nitrogens with one attached hydrogen (secondary N) is 2. The summed E-state index contributed by atoms with van der Waals surface area (Å²) in [6.45, 7) is 1.35. The first kappa shape index (κ1) is 30.2. The summed E-state index contributed by atoms with van der Waals surface area (Å²) in [7, 11) is 1.58. The smallest absolute Gasteiger partial charge is 0.414 e. The van der Waals surface area contributed by atoms with E-state index < -0.39 is 12.2 Å². The highest BCUT2D eigenvalue weighted by Crippen LogP contribution is 2.27. The minimum absolute atomic E-state index is 0.105. The first-order valence-electron chi connectivity index (χ1n) is 14.1. The number of methoxy groups -OCH3 is 1. The van der Waals surface area contributed by atoms with Gasteiger partial charge in [0.2, 0.25) is 0 Å². The van der Waals surface area contributed by atoms with Crippen molar-refractivity contribution in [3.8, 4) is 5.69 Å². The van der Waals surface area contributed by atoms with Crippen LogP contribution in [-0.4, -0.2) is 66.7 Å². The number of aliphatic hydroxyl groups excluding tert-OH is 1. The fourth-order valence-electron chi connectivity index (χ4n) is 5.42. The largest absolute Gasteiger partial charge is 0.442 e. The van der Waals surface area contributed by atoms with Crippen LogP contribution in [0.15, 0.2) is 53.5 Å². The van der Waals surface area contributed by atoms with Crippen LogP contribution >= 0.6 is 22.9 Å². The lowest BCUT2D eigenvalue weighted by atomic mass is 9.93. The third-order valence-corrected chi connectivity index (χ3v) is 8.88. The molecule has 10 nitrogen and oxygen atoms in total. The molecule has 3 aromatic rings. The Balaban J connectivity index is 1.25. The average Bonchev–Trinajstić information content (AvgIpc) is 3.59. The van der Waals surface area contributed by atoms with Crippen LogP contribution in [0.25, 0.3) is 5.69 Å². The maximum absolute atomic E-state index is 13.5. The van der Waals surface area contributed by atoms with Gasteiger partial charge in [0.25, 0.3) is 11.5 Å². The minimum Gasteiger partial charge on any atom is -0.442 e. The third kappa shape index (κ3) is 7.22. The van der Waals surface area contributed by atoms with Gasteiger partial charge < -0.3 is 25.2 Å². The molecule has 2 amide bonds. The molecule has 0 spiro atoms. The van der Waals surface area contributed by atoms with E-state index in [-0.39, 0.29) is 37.3 Å². The van der Waals surface area contributed by atoms with Crippen LogP contribution in [0, 0.1) is 0 Å². The Morgan fingerprint density at radius 2 is 1.95 bits per heavy atom. The number of cyclic esters (lactones) is 1. The van der Waals surface area contributed by atoms with E-state index in [1.54, 1.807) is 36.1 Å². The van der Waals surface area contributed by atoms with Gasteiger partial charge in [-0.25, -0.2) is 4.79 Å². The summed E-state index contributed by atoms with van der Waals surface area (Å²) in [4.78, 5) is 40.5. The van der Waals surface area contributed by atoms with Crippen LogP contribution in [0.5, 0.6) is 0 Å². The highest BCUT2D eigenvalue weighted by Gasteiger charge is 2.33. The van der Waals surface area contributed by atoms with Crippen LogP contribution in [0.1, 0.15) is 46.5 Å². The van der Waals surface area contributed by atoms with Gasteiger partial charge in [-0.15, -0.1) is 11.3 Å². The first-order chi connectivity index (χ1) is 20.3. The van der Waals surface area contributed by atoms with Crippen LogP contribution in [0.2, 0.25) is 4.34 Å². The third-order valence-electron chi connectivity index (χ3n) is 7.65. The van der Waals surface area contributed by atoms with E-state index in [4.69, 9.17) is 21.1 Å². The summed E-state index contributed by atoms with van der Waals surface area (Å²) in [5.74, 6) is -0.273. The second-order valence-electron chi connectivity index (χ2n) is 10.6. The highest BCUT2D eigenvalue weighted by atomic mass is 35.5. The number of thiophene rings is 1. The van der Waals surface area contributed by atoms with Crippen LogP contribution in [0.4, 0.5) is 10.5 Å². The zero-order valence-electron chi connectivity index (χ0n) is 23.4. The predicted octanol–water partition coefficient (Wildman–Crippen LogP) is 3.89. The van der Waals surface area contributed by atoms with Crippen molar-refractivity contribution in [2.24, 2.45) is 0 Å². The quantitative estimate of drug-likeness (QED) is 0.300. The molecule has 1 aromatic carbocycles. The number of anilines is 1. The van der Waals surface area contributed by atoms with Crippen LogP contribution < -0.4 is 21.1 Å². The molecule has 0 radical (unpaired) electrons. The lowest BCUT2D eigenvalue weighted by Crippen LogP contribution is -2.36. The van der Waals surface area contributed by atoms with E-state index >= 15 is 0 Å². The Kier molecular flexibility index (Phi) is 9.96. The van der Waals surface area contributed by atoms with E-state index in [0.29, 0.717) is 45.2 Å². The molecule has 2 fully saturated rings. The molecule has 12 heteroatoms. The second-order valence-corrected chi connectivity index (χ2v) is 12.3. The molecule has 1 aliphatic carbocycles. The first-order valence-corrected chi connectivity index (χ1v) is 15.3. The number of aromatic nitrogens is 1. The van der Waals surface area contributed by atoms with Gasteiger partial charge in [-0.1, -0.05) is 17.7 Å². The van der Waals surface area contributed by atoms with Crippen molar-refractivity contribution in [1.29, 1.82) is 0 Å². The number of hydrogen-bond acceptors (Lipinski definition) is 8. The van der Waals surface area contributed by atoms with Gasteiger partial charge >= 0.3 is 6.09 Å². The molecule has 1 aliphatic heterocycles. The number of carbonyl (C=O) groups excluding carboxylic acids is 2. The van der Waals surface area contributed by atoms with Gasteiger partial charge in [-0.3, -0.25) is 19.1 Å². The maximum atomic E-state index is 13.5. The number of nitrogens with zero attached hydrogens (tertiary/aromatic N) is 2. The molecule has 3 heterocycles. The number of aliphatic hydroxyl groups is 1. The number of halogens is 1. The second kappa shape index (κ2) is 13.8. The number of benzene rings is 1. The van der Waals surface area contributed by atoms with Gasteiger partial charge in [0.15, 0.2) is 0 Å². The fourth-order valence-corrected chi connectivity index (χ4v) is 6.38. The van der Waals surface area contributed by atoms with Crippen molar-refractivity contribution < 1.29 is 24.2 Å². The number of rotatable bonds is 11. The predicted molar refractivity (Wildman–Crippen MR) is 162 cm³/mol. The molecular formula is C30H35ClN4O6S. The topological polar surface area (TPSA) is 122 Å². The van der Waals surface area contributed by atoms with Gasteiger partial charge in [0.1, 0.15) is 6.10 Å². The van der Waals surface area contributed by atoms with Crippen LogP contribution in [0.3, 0.4) is 0 Å². The van der Waals surface area contributed by atoms with Gasteiger partial charge in [0, 0.05) is 36.2 Å². The molecule has 0 unspecified atom stereocenters. The van der Waals surface area contributed by atoms with Crippen molar-refractivity contribution in [3.63, 3.8) is 0 Å². The fraction of sp³-hybridized carbons (Fsp3) is 0.433. The van der Waals surface area contributed by atoms with Crippen molar-refractivity contribution in [1.82, 2.24) is 15.2 Å². The van der Waals surface area contributed by atoms with E-state index in [1.165, 1.54) is 16.2 Å². The van der Waals surface area contributed by atoms with E-state index in [1.807, 2.05) is 24.3 Å². The molecule has 0 bridgehead atoms. The van der Waals surface area contributed by atoms with Gasteiger partial charge in [-0.2, -0.15) is 0 Å². The number of pyridine rings is 1. The Morgan fingerprint density at radius 3 is 2.69 bits per heavy atom.